The van der Waals surface area contributed by atoms with Gasteiger partial charge in [-0.05, 0) is 0 Å². The largest absolute Gasteiger partial charge is 3.00 e. The molecule has 0 aromatic rings. The molecular formula is Al2CaS16. The maximum absolute atomic E-state index is 4.33. The Morgan fingerprint density at radius 2 is 0.368 bits per heavy atom. The number of rotatable bonds is 4. The summed E-state index contributed by atoms with van der Waals surface area (Å²) in [5, 5.41) is 0. The van der Waals surface area contributed by atoms with Gasteiger partial charge in [0.05, 0.1) is 0 Å². The molecule has 0 spiro atoms. The number of hydrogen-bond acceptors (Lipinski definition) is 16. The molecule has 0 heterocycles. The van der Waals surface area contributed by atoms with Crippen molar-refractivity contribution in [2.75, 3.05) is 0 Å². The van der Waals surface area contributed by atoms with Crippen LogP contribution in [0.15, 0.2) is 0 Å². The van der Waals surface area contributed by atoms with Crippen molar-refractivity contribution in [2.45, 2.75) is 0 Å². The molecule has 0 aliphatic carbocycles. The van der Waals surface area contributed by atoms with Crippen molar-refractivity contribution in [1.82, 2.24) is 0 Å². The zero-order valence-electron chi connectivity index (χ0n) is 8.39. The summed E-state index contributed by atoms with van der Waals surface area (Å²) >= 11 is 34.6. The van der Waals surface area contributed by atoms with Crippen molar-refractivity contribution >= 4 is 244 Å². The summed E-state index contributed by atoms with van der Waals surface area (Å²) in [6, 6.07) is 0. The van der Waals surface area contributed by atoms with Crippen molar-refractivity contribution in [3.8, 4) is 0 Å². The minimum absolute atomic E-state index is 0. The molecule has 104 valence electrons. The van der Waals surface area contributed by atoms with Crippen LogP contribution in [-0.4, -0.2) is 72.5 Å². The van der Waals surface area contributed by atoms with Crippen LogP contribution in [0.1, 0.15) is 0 Å². The van der Waals surface area contributed by atoms with Gasteiger partial charge in [-0.1, -0.05) is 0 Å². The van der Waals surface area contributed by atoms with Crippen molar-refractivity contribution in [1.29, 1.82) is 0 Å². The van der Waals surface area contributed by atoms with Gasteiger partial charge in [0, 0.05) is 0 Å². The van der Waals surface area contributed by atoms with E-state index in [1.807, 2.05) is 0 Å². The third-order valence-corrected chi connectivity index (χ3v) is 9.00. The fraction of sp³-hybridized carbons (Fsp3) is 0. The van der Waals surface area contributed by atoms with E-state index in [4.69, 9.17) is 0 Å². The maximum Gasteiger partial charge on any atom is 3.00 e. The van der Waals surface area contributed by atoms with E-state index < -0.39 is 0 Å². The SMILES string of the molecule is [Al+3].[Al+3].[Ca+2].[S-]SS[S-].[S-]SS[S-].[S-]SS[S-].[S-]SS[S-]. The molecule has 0 saturated heterocycles. The van der Waals surface area contributed by atoms with Gasteiger partial charge in [-0.2, -0.15) is 0 Å². The molecule has 0 bridgehead atoms. The Morgan fingerprint density at radius 1 is 0.316 bits per heavy atom. The van der Waals surface area contributed by atoms with E-state index in [9.17, 15) is 0 Å². The Bertz CT molecular complexity index is 38.7. The van der Waals surface area contributed by atoms with Crippen molar-refractivity contribution in [3.05, 3.63) is 0 Å². The second kappa shape index (κ2) is 63.5. The number of hydrogen-bond donors (Lipinski definition) is 0. The van der Waals surface area contributed by atoms with Gasteiger partial charge in [-0.25, -0.2) is 0 Å². The molecule has 0 atom stereocenters. The molecule has 0 N–H and O–H groups in total. The zero-order chi connectivity index (χ0) is 13.7. The van der Waals surface area contributed by atoms with Crippen LogP contribution in [0.25, 0.3) is 0 Å². The summed E-state index contributed by atoms with van der Waals surface area (Å²) < 4.78 is 0. The van der Waals surface area contributed by atoms with Gasteiger partial charge in [0.1, 0.15) is 0 Å². The van der Waals surface area contributed by atoms with E-state index in [0.717, 1.165) is 0 Å². The zero-order valence-corrected chi connectivity index (χ0v) is 26.0. The average molecular weight is 607 g/mol. The summed E-state index contributed by atoms with van der Waals surface area (Å²) in [5.74, 6) is 0. The fourth-order valence-electron chi connectivity index (χ4n) is 0. The Hall–Kier alpha value is 7.92. The van der Waals surface area contributed by atoms with Gasteiger partial charge in [0.25, 0.3) is 0 Å². The van der Waals surface area contributed by atoms with Crippen LogP contribution >= 0.6 is 78.6 Å². The van der Waals surface area contributed by atoms with Crippen LogP contribution in [0.2, 0.25) is 0 Å². The molecule has 0 nitrogen and oxygen atoms in total. The smallest absolute Gasteiger partial charge is 0.709 e. The molecule has 0 aliphatic heterocycles. The summed E-state index contributed by atoms with van der Waals surface area (Å²) in [5.41, 5.74) is 0. The topological polar surface area (TPSA) is 0 Å². The Morgan fingerprint density at radius 3 is 0.368 bits per heavy atom. The Balaban J connectivity index is -0.0000000192. The van der Waals surface area contributed by atoms with Gasteiger partial charge in [-0.3, -0.25) is 78.6 Å². The van der Waals surface area contributed by atoms with Gasteiger partial charge in [-0.15, -0.1) is 0 Å². The van der Waals surface area contributed by atoms with Crippen molar-refractivity contribution in [3.63, 3.8) is 0 Å². The fourth-order valence-corrected chi connectivity index (χ4v) is 0. The van der Waals surface area contributed by atoms with Gasteiger partial charge in [0.15, 0.2) is 0 Å². The molecular weight excluding hydrogens is 607 g/mol. The minimum atomic E-state index is 0. The molecule has 19 heteroatoms. The first-order chi connectivity index (χ1) is 7.66. The molecule has 0 radical (unpaired) electrons. The molecule has 0 fully saturated rings. The standard InChI is InChI=1S/2Al.Ca.4H2S4/c;;;4*1-3-4-2/h;;;4*1-2H/q2*+3;+2;;;;/p-8. The summed E-state index contributed by atoms with van der Waals surface area (Å²) in [4.78, 5) is 0. The molecule has 0 saturated carbocycles. The van der Waals surface area contributed by atoms with E-state index in [2.05, 4.69) is 93.3 Å². The monoisotopic (exact) mass is 605 g/mol. The third kappa shape index (κ3) is 104. The van der Waals surface area contributed by atoms with Crippen LogP contribution in [0, 0.1) is 0 Å². The molecule has 0 unspecified atom stereocenters. The van der Waals surface area contributed by atoms with Crippen LogP contribution < -0.4 is 0 Å². The van der Waals surface area contributed by atoms with Gasteiger partial charge < -0.3 is 93.3 Å². The summed E-state index contributed by atoms with van der Waals surface area (Å²) in [6.07, 6.45) is 0. The van der Waals surface area contributed by atoms with Crippen molar-refractivity contribution < 1.29 is 0 Å². The first kappa shape index (κ1) is 45.6. The Labute approximate surface area is 238 Å². The molecule has 0 aromatic carbocycles. The van der Waals surface area contributed by atoms with Crippen LogP contribution in [0.3, 0.4) is 0 Å². The molecule has 0 amide bonds. The third-order valence-electron chi connectivity index (χ3n) is 0.111. The minimum Gasteiger partial charge on any atom is -0.709 e. The van der Waals surface area contributed by atoms with Crippen LogP contribution in [0.4, 0.5) is 0 Å². The normalized spacial score (nSPS) is 6.32. The van der Waals surface area contributed by atoms with E-state index in [-0.39, 0.29) is 72.5 Å². The van der Waals surface area contributed by atoms with Gasteiger partial charge >= 0.3 is 72.5 Å². The summed E-state index contributed by atoms with van der Waals surface area (Å²) in [6.45, 7) is 0. The van der Waals surface area contributed by atoms with Crippen LogP contribution in [0.5, 0.6) is 0 Å². The average Bonchev–Trinajstić information content (AvgIpc) is 2.39. The van der Waals surface area contributed by atoms with Crippen LogP contribution in [-0.2, 0) is 93.3 Å². The van der Waals surface area contributed by atoms with E-state index in [1.165, 1.54) is 78.6 Å². The predicted octanol–water partition coefficient (Wildman–Crippen LogP) is 4.02. The quantitative estimate of drug-likeness (QED) is 0.257. The molecule has 19 heavy (non-hydrogen) atoms. The Kier molecular flexibility index (Phi) is 152. The second-order valence-corrected chi connectivity index (χ2v) is 14.7. The first-order valence-electron chi connectivity index (χ1n) is 2.00. The summed E-state index contributed by atoms with van der Waals surface area (Å²) in [7, 11) is 9.37. The van der Waals surface area contributed by atoms with Gasteiger partial charge in [0.2, 0.25) is 0 Å². The van der Waals surface area contributed by atoms with E-state index in [0.29, 0.717) is 0 Å². The van der Waals surface area contributed by atoms with E-state index in [1.54, 1.807) is 0 Å². The predicted molar refractivity (Wildman–Crippen MR) is 137 cm³/mol. The first-order valence-corrected chi connectivity index (χ1v) is 18.0. The second-order valence-electron chi connectivity index (χ2n) is 0.544. The van der Waals surface area contributed by atoms with E-state index >= 15 is 0 Å². The molecule has 0 aliphatic rings. The maximum atomic E-state index is 4.33. The molecule has 0 aromatic heterocycles. The van der Waals surface area contributed by atoms with Crippen molar-refractivity contribution in [2.24, 2.45) is 0 Å². The molecule has 0 rings (SSSR count).